The van der Waals surface area contributed by atoms with E-state index < -0.39 is 0 Å². The molecule has 0 heterocycles. The van der Waals surface area contributed by atoms with E-state index >= 15 is 0 Å². The van der Waals surface area contributed by atoms with E-state index in [0.29, 0.717) is 6.42 Å². The molecule has 1 N–H and O–H groups in total. The van der Waals surface area contributed by atoms with Crippen molar-refractivity contribution in [2.24, 2.45) is 5.92 Å². The molecule has 0 aromatic heterocycles. The zero-order valence-electron chi connectivity index (χ0n) is 8.32. The number of hydrogen-bond acceptors (Lipinski definition) is 2. The number of halogens is 1. The molecule has 1 aromatic rings. The zero-order chi connectivity index (χ0) is 10.8. The Bertz CT molecular complexity index is 358. The van der Waals surface area contributed by atoms with Gasteiger partial charge in [0.05, 0.1) is 6.10 Å². The van der Waals surface area contributed by atoms with Crippen molar-refractivity contribution >= 4 is 21.7 Å². The number of hydrogen-bond donors (Lipinski definition) is 1. The minimum Gasteiger partial charge on any atom is -0.393 e. The normalized spacial score (nSPS) is 25.5. The van der Waals surface area contributed by atoms with Gasteiger partial charge in [-0.25, -0.2) is 0 Å². The first-order valence-electron chi connectivity index (χ1n) is 5.14. The second kappa shape index (κ2) is 4.45. The molecule has 2 nitrogen and oxygen atoms in total. The van der Waals surface area contributed by atoms with Crippen molar-refractivity contribution in [3.05, 3.63) is 34.3 Å². The lowest BCUT2D eigenvalue weighted by Gasteiger charge is -2.07. The molecule has 0 aliphatic heterocycles. The monoisotopic (exact) mass is 268 g/mol. The number of Topliss-reactive ketones (excluding diaryl/α,β-unsaturated/α-hetero) is 1. The van der Waals surface area contributed by atoms with Crippen molar-refractivity contribution in [1.82, 2.24) is 0 Å². The number of carbonyl (C=O) groups excluding carboxylic acids is 1. The van der Waals surface area contributed by atoms with Crippen LogP contribution < -0.4 is 0 Å². The van der Waals surface area contributed by atoms with Gasteiger partial charge < -0.3 is 5.11 Å². The van der Waals surface area contributed by atoms with Crippen molar-refractivity contribution in [2.75, 3.05) is 0 Å². The molecule has 0 saturated heterocycles. The van der Waals surface area contributed by atoms with Gasteiger partial charge in [0.25, 0.3) is 0 Å². The Morgan fingerprint density at radius 3 is 2.47 bits per heavy atom. The van der Waals surface area contributed by atoms with Crippen molar-refractivity contribution in [2.45, 2.75) is 25.4 Å². The maximum absolute atomic E-state index is 12.0. The molecule has 1 aliphatic carbocycles. The molecule has 2 unspecified atom stereocenters. The van der Waals surface area contributed by atoms with Gasteiger partial charge in [-0.15, -0.1) is 0 Å². The number of rotatable bonds is 2. The summed E-state index contributed by atoms with van der Waals surface area (Å²) in [6, 6.07) is 7.41. The first kappa shape index (κ1) is 10.8. The molecule has 0 amide bonds. The fraction of sp³-hybridized carbons (Fsp3) is 0.417. The van der Waals surface area contributed by atoms with Crippen LogP contribution in [0.3, 0.4) is 0 Å². The van der Waals surface area contributed by atoms with Crippen molar-refractivity contribution in [3.63, 3.8) is 0 Å². The third-order valence-corrected chi connectivity index (χ3v) is 3.43. The Balaban J connectivity index is 2.11. The number of carbonyl (C=O) groups is 1. The molecule has 80 valence electrons. The summed E-state index contributed by atoms with van der Waals surface area (Å²) in [6.07, 6.45) is 1.91. The average molecular weight is 269 g/mol. The summed E-state index contributed by atoms with van der Waals surface area (Å²) in [5.74, 6) is 0.181. The van der Waals surface area contributed by atoms with E-state index in [4.69, 9.17) is 0 Å². The van der Waals surface area contributed by atoms with Gasteiger partial charge in [-0.05, 0) is 31.4 Å². The Hall–Kier alpha value is -0.670. The van der Waals surface area contributed by atoms with Crippen LogP contribution in [0.1, 0.15) is 29.6 Å². The molecular formula is C12H13BrO2. The third kappa shape index (κ3) is 2.47. The van der Waals surface area contributed by atoms with E-state index in [1.807, 2.05) is 24.3 Å². The number of aliphatic hydroxyl groups is 1. The molecule has 1 aromatic carbocycles. The van der Waals surface area contributed by atoms with Crippen LogP contribution in [0.25, 0.3) is 0 Å². The fourth-order valence-electron chi connectivity index (χ4n) is 2.05. The maximum Gasteiger partial charge on any atom is 0.166 e. The Labute approximate surface area is 97.4 Å². The summed E-state index contributed by atoms with van der Waals surface area (Å²) in [5, 5.41) is 9.38. The van der Waals surface area contributed by atoms with E-state index in [1.165, 1.54) is 0 Å². The van der Waals surface area contributed by atoms with Crippen LogP contribution in [0, 0.1) is 5.92 Å². The Morgan fingerprint density at radius 2 is 1.93 bits per heavy atom. The highest BCUT2D eigenvalue weighted by atomic mass is 79.9. The van der Waals surface area contributed by atoms with Crippen LogP contribution in [-0.2, 0) is 0 Å². The fourth-order valence-corrected chi connectivity index (χ4v) is 2.31. The summed E-state index contributed by atoms with van der Waals surface area (Å²) < 4.78 is 0.977. The molecule has 15 heavy (non-hydrogen) atoms. The van der Waals surface area contributed by atoms with Gasteiger partial charge in [0.1, 0.15) is 0 Å². The summed E-state index contributed by atoms with van der Waals surface area (Å²) in [6.45, 7) is 0. The first-order valence-corrected chi connectivity index (χ1v) is 5.94. The largest absolute Gasteiger partial charge is 0.393 e. The first-order chi connectivity index (χ1) is 7.16. The predicted molar refractivity (Wildman–Crippen MR) is 61.8 cm³/mol. The van der Waals surface area contributed by atoms with Crippen LogP contribution in [0.2, 0.25) is 0 Å². The maximum atomic E-state index is 12.0. The Kier molecular flexibility index (Phi) is 3.22. The summed E-state index contributed by atoms with van der Waals surface area (Å²) >= 11 is 3.34. The molecule has 1 aliphatic rings. The van der Waals surface area contributed by atoms with Gasteiger partial charge in [-0.2, -0.15) is 0 Å². The molecule has 0 spiro atoms. The standard InChI is InChI=1S/C12H13BrO2/c13-10-4-1-8(2-5-10)12(15)9-3-6-11(14)7-9/h1-2,4-5,9,11,14H,3,6-7H2. The second-order valence-electron chi connectivity index (χ2n) is 4.03. The van der Waals surface area contributed by atoms with Gasteiger partial charge in [-0.3, -0.25) is 4.79 Å². The van der Waals surface area contributed by atoms with Gasteiger partial charge in [-0.1, -0.05) is 28.1 Å². The highest BCUT2D eigenvalue weighted by Gasteiger charge is 2.28. The average Bonchev–Trinajstić information content (AvgIpc) is 2.65. The quantitative estimate of drug-likeness (QED) is 0.838. The van der Waals surface area contributed by atoms with Gasteiger partial charge in [0, 0.05) is 16.0 Å². The lowest BCUT2D eigenvalue weighted by atomic mass is 9.96. The predicted octanol–water partition coefficient (Wildman–Crippen LogP) is 2.79. The van der Waals surface area contributed by atoms with Crippen LogP contribution in [-0.4, -0.2) is 17.0 Å². The highest BCUT2D eigenvalue weighted by molar-refractivity contribution is 9.10. The minimum atomic E-state index is -0.283. The van der Waals surface area contributed by atoms with E-state index in [1.54, 1.807) is 0 Å². The van der Waals surface area contributed by atoms with E-state index in [0.717, 1.165) is 22.9 Å². The van der Waals surface area contributed by atoms with Crippen molar-refractivity contribution in [1.29, 1.82) is 0 Å². The molecule has 3 heteroatoms. The molecular weight excluding hydrogens is 256 g/mol. The number of ketones is 1. The van der Waals surface area contributed by atoms with Crippen LogP contribution in [0.4, 0.5) is 0 Å². The van der Waals surface area contributed by atoms with Gasteiger partial charge >= 0.3 is 0 Å². The summed E-state index contributed by atoms with van der Waals surface area (Å²) in [7, 11) is 0. The molecule has 2 atom stereocenters. The van der Waals surface area contributed by atoms with E-state index in [9.17, 15) is 9.90 Å². The zero-order valence-corrected chi connectivity index (χ0v) is 9.90. The topological polar surface area (TPSA) is 37.3 Å². The molecule has 1 saturated carbocycles. The van der Waals surface area contributed by atoms with Gasteiger partial charge in [0.2, 0.25) is 0 Å². The third-order valence-electron chi connectivity index (χ3n) is 2.90. The van der Waals surface area contributed by atoms with Crippen molar-refractivity contribution < 1.29 is 9.90 Å². The molecule has 2 rings (SSSR count). The van der Waals surface area contributed by atoms with E-state index in [-0.39, 0.29) is 17.8 Å². The smallest absolute Gasteiger partial charge is 0.166 e. The SMILES string of the molecule is O=C(c1ccc(Br)cc1)C1CCC(O)C1. The van der Waals surface area contributed by atoms with Crippen molar-refractivity contribution in [3.8, 4) is 0 Å². The summed E-state index contributed by atoms with van der Waals surface area (Å²) in [4.78, 5) is 12.0. The lowest BCUT2D eigenvalue weighted by molar-refractivity contribution is 0.0906. The molecule has 0 bridgehead atoms. The number of aliphatic hydroxyl groups excluding tert-OH is 1. The van der Waals surface area contributed by atoms with Gasteiger partial charge in [0.15, 0.2) is 5.78 Å². The van der Waals surface area contributed by atoms with E-state index in [2.05, 4.69) is 15.9 Å². The molecule has 0 radical (unpaired) electrons. The van der Waals surface area contributed by atoms with Crippen LogP contribution >= 0.6 is 15.9 Å². The minimum absolute atomic E-state index is 0.0150. The van der Waals surface area contributed by atoms with Crippen LogP contribution in [0.5, 0.6) is 0 Å². The lowest BCUT2D eigenvalue weighted by Crippen LogP contribution is -2.12. The molecule has 1 fully saturated rings. The number of benzene rings is 1. The van der Waals surface area contributed by atoms with Crippen LogP contribution in [0.15, 0.2) is 28.7 Å². The summed E-state index contributed by atoms with van der Waals surface area (Å²) in [5.41, 5.74) is 0.748. The highest BCUT2D eigenvalue weighted by Crippen LogP contribution is 2.28. The second-order valence-corrected chi connectivity index (χ2v) is 4.95. The Morgan fingerprint density at radius 1 is 1.27 bits per heavy atom.